The quantitative estimate of drug-likeness (QED) is 0.607. The third-order valence-corrected chi connectivity index (χ3v) is 2.72. The van der Waals surface area contributed by atoms with Crippen molar-refractivity contribution in [2.24, 2.45) is 5.92 Å². The fourth-order valence-electron chi connectivity index (χ4n) is 1.52. The molecule has 0 saturated heterocycles. The Morgan fingerprint density at radius 1 is 1.65 bits per heavy atom. The van der Waals surface area contributed by atoms with Gasteiger partial charge in [-0.25, -0.2) is 9.78 Å². The minimum Gasteiger partial charge on any atom is -0.477 e. The van der Waals surface area contributed by atoms with Gasteiger partial charge in [-0.1, -0.05) is 6.92 Å². The summed E-state index contributed by atoms with van der Waals surface area (Å²) in [4.78, 5) is 24.7. The summed E-state index contributed by atoms with van der Waals surface area (Å²) < 4.78 is 0. The second-order valence-electron chi connectivity index (χ2n) is 4.09. The van der Waals surface area contributed by atoms with E-state index in [0.717, 1.165) is 18.6 Å². The summed E-state index contributed by atoms with van der Waals surface area (Å²) in [6, 6.07) is 2.43. The third-order valence-electron chi connectivity index (χ3n) is 2.72. The lowest BCUT2D eigenvalue weighted by Crippen LogP contribution is -2.11. The molecule has 0 aliphatic heterocycles. The first-order chi connectivity index (χ1) is 7.99. The predicted molar refractivity (Wildman–Crippen MR) is 59.0 cm³/mol. The van der Waals surface area contributed by atoms with Gasteiger partial charge in [-0.05, 0) is 18.4 Å². The molecule has 90 valence electrons. The van der Waals surface area contributed by atoms with Crippen molar-refractivity contribution in [2.75, 3.05) is 5.32 Å². The molecule has 1 aliphatic carbocycles. The minimum atomic E-state index is -1.20. The van der Waals surface area contributed by atoms with Gasteiger partial charge < -0.3 is 10.4 Å². The minimum absolute atomic E-state index is 0.0317. The van der Waals surface area contributed by atoms with Gasteiger partial charge in [0.1, 0.15) is 0 Å². The predicted octanol–water partition coefficient (Wildman–Crippen LogP) is 1.51. The molecule has 2 N–H and O–H groups in total. The lowest BCUT2D eigenvalue weighted by molar-refractivity contribution is -0.384. The maximum atomic E-state index is 10.8. The molecule has 1 saturated carbocycles. The Bertz CT molecular complexity index is 488. The van der Waals surface area contributed by atoms with E-state index in [2.05, 4.69) is 10.3 Å². The van der Waals surface area contributed by atoms with E-state index in [1.165, 1.54) is 0 Å². The maximum Gasteiger partial charge on any atom is 0.354 e. The molecule has 1 aromatic heterocycles. The van der Waals surface area contributed by atoms with Gasteiger partial charge in [-0.2, -0.15) is 0 Å². The molecule has 2 rings (SSSR count). The van der Waals surface area contributed by atoms with Crippen molar-refractivity contribution in [3.63, 3.8) is 0 Å². The standard InChI is InChI=1S/C10H11N3O4/c1-5-4-7(5)12-9-8(13(16)17)3-2-6(11-9)10(14)15/h2-3,5,7H,4H2,1H3,(H,11,12)(H,14,15). The molecule has 1 fully saturated rings. The molecule has 0 amide bonds. The van der Waals surface area contributed by atoms with Gasteiger partial charge in [0.2, 0.25) is 5.82 Å². The smallest absolute Gasteiger partial charge is 0.354 e. The molecular weight excluding hydrogens is 226 g/mol. The number of nitro groups is 1. The van der Waals surface area contributed by atoms with Gasteiger partial charge in [-0.15, -0.1) is 0 Å². The van der Waals surface area contributed by atoms with E-state index in [1.807, 2.05) is 6.92 Å². The highest BCUT2D eigenvalue weighted by Crippen LogP contribution is 2.34. The highest BCUT2D eigenvalue weighted by molar-refractivity contribution is 5.86. The second kappa shape index (κ2) is 4.00. The Kier molecular flexibility index (Phi) is 2.66. The van der Waals surface area contributed by atoms with Crippen LogP contribution in [0.15, 0.2) is 12.1 Å². The van der Waals surface area contributed by atoms with Gasteiger partial charge in [-0.3, -0.25) is 10.1 Å². The van der Waals surface area contributed by atoms with Gasteiger partial charge in [0.15, 0.2) is 5.69 Å². The van der Waals surface area contributed by atoms with E-state index < -0.39 is 10.9 Å². The summed E-state index contributed by atoms with van der Waals surface area (Å²) in [6.07, 6.45) is 0.913. The van der Waals surface area contributed by atoms with E-state index >= 15 is 0 Å². The average Bonchev–Trinajstić information content (AvgIpc) is 2.93. The highest BCUT2D eigenvalue weighted by Gasteiger charge is 2.34. The zero-order chi connectivity index (χ0) is 12.6. The van der Waals surface area contributed by atoms with Crippen molar-refractivity contribution < 1.29 is 14.8 Å². The van der Waals surface area contributed by atoms with Crippen LogP contribution in [0.25, 0.3) is 0 Å². The normalized spacial score (nSPS) is 21.9. The molecular formula is C10H11N3O4. The summed E-state index contributed by atoms with van der Waals surface area (Å²) in [5.41, 5.74) is -0.402. The number of rotatable bonds is 4. The lowest BCUT2D eigenvalue weighted by Gasteiger charge is -2.05. The molecule has 1 heterocycles. The molecule has 17 heavy (non-hydrogen) atoms. The van der Waals surface area contributed by atoms with Crippen LogP contribution >= 0.6 is 0 Å². The first-order valence-electron chi connectivity index (χ1n) is 5.14. The van der Waals surface area contributed by atoms with Crippen LogP contribution in [-0.2, 0) is 0 Å². The van der Waals surface area contributed by atoms with Crippen molar-refractivity contribution in [3.05, 3.63) is 27.9 Å². The molecule has 0 bridgehead atoms. The van der Waals surface area contributed by atoms with Gasteiger partial charge in [0.05, 0.1) is 4.92 Å². The zero-order valence-corrected chi connectivity index (χ0v) is 9.08. The number of anilines is 1. The van der Waals surface area contributed by atoms with Crippen LogP contribution in [0.4, 0.5) is 11.5 Å². The molecule has 0 spiro atoms. The molecule has 2 atom stereocenters. The number of carboxylic acid groups (broad SMARTS) is 1. The topological polar surface area (TPSA) is 105 Å². The van der Waals surface area contributed by atoms with Crippen LogP contribution in [0.5, 0.6) is 0 Å². The molecule has 0 radical (unpaired) electrons. The van der Waals surface area contributed by atoms with Gasteiger partial charge in [0, 0.05) is 12.1 Å². The van der Waals surface area contributed by atoms with Gasteiger partial charge in [0.25, 0.3) is 0 Å². The summed E-state index contributed by atoms with van der Waals surface area (Å²) >= 11 is 0. The van der Waals surface area contributed by atoms with Crippen LogP contribution in [-0.4, -0.2) is 27.0 Å². The highest BCUT2D eigenvalue weighted by atomic mass is 16.6. The number of carboxylic acids is 1. The molecule has 2 unspecified atom stereocenters. The van der Waals surface area contributed by atoms with Gasteiger partial charge >= 0.3 is 11.7 Å². The van der Waals surface area contributed by atoms with E-state index in [1.54, 1.807) is 0 Å². The van der Waals surface area contributed by atoms with E-state index in [9.17, 15) is 14.9 Å². The lowest BCUT2D eigenvalue weighted by atomic mass is 10.3. The van der Waals surface area contributed by atoms with Crippen LogP contribution in [0.3, 0.4) is 0 Å². The van der Waals surface area contributed by atoms with Crippen molar-refractivity contribution in [2.45, 2.75) is 19.4 Å². The number of hydrogen-bond acceptors (Lipinski definition) is 5. The third kappa shape index (κ3) is 2.32. The number of hydrogen-bond donors (Lipinski definition) is 2. The number of aromatic carboxylic acids is 1. The van der Waals surface area contributed by atoms with Crippen LogP contribution in [0.2, 0.25) is 0 Å². The Hall–Kier alpha value is -2.18. The zero-order valence-electron chi connectivity index (χ0n) is 9.08. The SMILES string of the molecule is CC1CC1Nc1nc(C(=O)O)ccc1[N+](=O)[O-]. The van der Waals surface area contributed by atoms with E-state index in [-0.39, 0.29) is 23.2 Å². The van der Waals surface area contributed by atoms with Crippen LogP contribution in [0.1, 0.15) is 23.8 Å². The maximum absolute atomic E-state index is 10.8. The first kappa shape index (κ1) is 11.3. The summed E-state index contributed by atoms with van der Waals surface area (Å²) in [6.45, 7) is 2.00. The fraction of sp³-hybridized carbons (Fsp3) is 0.400. The van der Waals surface area contributed by atoms with E-state index in [4.69, 9.17) is 5.11 Å². The molecule has 0 aromatic carbocycles. The van der Waals surface area contributed by atoms with Crippen molar-refractivity contribution in [1.82, 2.24) is 4.98 Å². The Morgan fingerprint density at radius 2 is 2.29 bits per heavy atom. The number of pyridine rings is 1. The molecule has 7 nitrogen and oxygen atoms in total. The van der Waals surface area contributed by atoms with Crippen LogP contribution in [0, 0.1) is 16.0 Å². The number of carbonyl (C=O) groups is 1. The fourth-order valence-corrected chi connectivity index (χ4v) is 1.52. The summed E-state index contributed by atoms with van der Waals surface area (Å²) in [5, 5.41) is 22.4. The second-order valence-corrected chi connectivity index (χ2v) is 4.09. The number of nitrogens with one attached hydrogen (secondary N) is 1. The molecule has 1 aliphatic rings. The Balaban J connectivity index is 2.33. The van der Waals surface area contributed by atoms with Crippen molar-refractivity contribution in [1.29, 1.82) is 0 Å². The largest absolute Gasteiger partial charge is 0.477 e. The monoisotopic (exact) mass is 237 g/mol. The molecule has 7 heteroatoms. The Labute approximate surface area is 96.6 Å². The average molecular weight is 237 g/mol. The van der Waals surface area contributed by atoms with Crippen LogP contribution < -0.4 is 5.32 Å². The number of aromatic nitrogens is 1. The summed E-state index contributed by atoms with van der Waals surface area (Å²) in [7, 11) is 0. The number of nitrogens with zero attached hydrogens (tertiary/aromatic N) is 2. The molecule has 1 aromatic rings. The van der Waals surface area contributed by atoms with Crippen molar-refractivity contribution in [3.8, 4) is 0 Å². The first-order valence-corrected chi connectivity index (χ1v) is 5.14. The van der Waals surface area contributed by atoms with E-state index in [0.29, 0.717) is 5.92 Å². The Morgan fingerprint density at radius 3 is 2.76 bits per heavy atom. The van der Waals surface area contributed by atoms with Crippen molar-refractivity contribution >= 4 is 17.5 Å². The summed E-state index contributed by atoms with van der Waals surface area (Å²) in [5.74, 6) is -0.735.